The predicted molar refractivity (Wildman–Crippen MR) is 45.5 cm³/mol. The highest BCUT2D eigenvalue weighted by Crippen LogP contribution is 2.52. The summed E-state index contributed by atoms with van der Waals surface area (Å²) in [7, 11) is 0. The van der Waals surface area contributed by atoms with Gasteiger partial charge in [0.1, 0.15) is 6.07 Å². The molecule has 3 atom stereocenters. The van der Waals surface area contributed by atoms with E-state index in [2.05, 4.69) is 18.2 Å². The molecule has 2 aliphatic rings. The van der Waals surface area contributed by atoms with Gasteiger partial charge >= 0.3 is 5.97 Å². The predicted octanol–water partition coefficient (Wildman–Crippen LogP) is 1.41. The minimum atomic E-state index is -0.819. The van der Waals surface area contributed by atoms with Crippen LogP contribution in [0.25, 0.3) is 0 Å². The third-order valence-electron chi connectivity index (χ3n) is 2.94. The zero-order valence-corrected chi connectivity index (χ0v) is 7.49. The lowest BCUT2D eigenvalue weighted by molar-refractivity contribution is -0.171. The molecular weight excluding hydrogens is 166 g/mol. The molecule has 0 aliphatic heterocycles. The number of carbonyl (C=O) groups is 1. The lowest BCUT2D eigenvalue weighted by atomic mass is 9.63. The van der Waals surface area contributed by atoms with E-state index in [1.807, 2.05) is 0 Å². The van der Waals surface area contributed by atoms with Crippen LogP contribution >= 0.6 is 0 Å². The maximum atomic E-state index is 10.8. The molecule has 2 rings (SSSR count). The van der Waals surface area contributed by atoms with E-state index in [9.17, 15) is 4.79 Å². The second-order valence-electron chi connectivity index (χ2n) is 3.73. The molecule has 3 heteroatoms. The minimum absolute atomic E-state index is 0.210. The lowest BCUT2D eigenvalue weighted by Gasteiger charge is -2.45. The Labute approximate surface area is 77.0 Å². The van der Waals surface area contributed by atoms with Crippen LogP contribution in [0.1, 0.15) is 19.8 Å². The summed E-state index contributed by atoms with van der Waals surface area (Å²) in [6.07, 6.45) is 5.72. The van der Waals surface area contributed by atoms with Crippen molar-refractivity contribution in [1.29, 1.82) is 5.26 Å². The van der Waals surface area contributed by atoms with Gasteiger partial charge in [0.15, 0.2) is 0 Å². The molecule has 0 aromatic carbocycles. The molecule has 1 fully saturated rings. The third-order valence-corrected chi connectivity index (χ3v) is 2.94. The van der Waals surface area contributed by atoms with Crippen molar-refractivity contribution in [2.24, 2.45) is 11.8 Å². The summed E-state index contributed by atoms with van der Waals surface area (Å²) >= 11 is 0. The molecule has 1 saturated carbocycles. The van der Waals surface area contributed by atoms with Gasteiger partial charge in [-0.1, -0.05) is 12.2 Å². The summed E-state index contributed by atoms with van der Waals surface area (Å²) in [5, 5.41) is 8.98. The van der Waals surface area contributed by atoms with Gasteiger partial charge in [0.25, 0.3) is 0 Å². The van der Waals surface area contributed by atoms with Crippen LogP contribution in [0.2, 0.25) is 0 Å². The molecule has 0 saturated heterocycles. The van der Waals surface area contributed by atoms with Crippen LogP contribution < -0.4 is 0 Å². The van der Waals surface area contributed by atoms with Crippen LogP contribution in [0.5, 0.6) is 0 Å². The van der Waals surface area contributed by atoms with Crippen molar-refractivity contribution in [3.63, 3.8) is 0 Å². The van der Waals surface area contributed by atoms with Gasteiger partial charge in [-0.05, 0) is 12.3 Å². The summed E-state index contributed by atoms with van der Waals surface area (Å²) in [6, 6.07) is 2.13. The van der Waals surface area contributed by atoms with Gasteiger partial charge < -0.3 is 4.74 Å². The first-order valence-electron chi connectivity index (χ1n) is 4.45. The minimum Gasteiger partial charge on any atom is -0.443 e. The lowest BCUT2D eigenvalue weighted by Crippen LogP contribution is -2.53. The largest absolute Gasteiger partial charge is 0.443 e. The van der Waals surface area contributed by atoms with E-state index >= 15 is 0 Å². The highest BCUT2D eigenvalue weighted by Gasteiger charge is 2.57. The number of hydrogen-bond donors (Lipinski definition) is 0. The fourth-order valence-electron chi connectivity index (χ4n) is 2.32. The van der Waals surface area contributed by atoms with Gasteiger partial charge in [0.2, 0.25) is 5.60 Å². The molecule has 3 nitrogen and oxygen atoms in total. The Hall–Kier alpha value is -1.30. The van der Waals surface area contributed by atoms with E-state index in [1.54, 1.807) is 0 Å². The monoisotopic (exact) mass is 177 g/mol. The summed E-state index contributed by atoms with van der Waals surface area (Å²) < 4.78 is 5.10. The van der Waals surface area contributed by atoms with Gasteiger partial charge in [0.05, 0.1) is 0 Å². The third kappa shape index (κ3) is 1.06. The first kappa shape index (κ1) is 8.31. The quantitative estimate of drug-likeness (QED) is 0.449. The first-order chi connectivity index (χ1) is 6.18. The van der Waals surface area contributed by atoms with Gasteiger partial charge in [-0.2, -0.15) is 5.26 Å². The van der Waals surface area contributed by atoms with Crippen LogP contribution in [-0.2, 0) is 9.53 Å². The van der Waals surface area contributed by atoms with Gasteiger partial charge in [0, 0.05) is 19.3 Å². The average Bonchev–Trinajstić information content (AvgIpc) is 2.43. The molecule has 0 N–H and O–H groups in total. The van der Waals surface area contributed by atoms with E-state index in [0.29, 0.717) is 12.3 Å². The maximum absolute atomic E-state index is 10.8. The zero-order valence-electron chi connectivity index (χ0n) is 7.49. The van der Waals surface area contributed by atoms with Crippen LogP contribution in [0.3, 0.4) is 0 Å². The number of ether oxygens (including phenoxy) is 1. The fraction of sp³-hybridized carbons (Fsp3) is 0.600. The maximum Gasteiger partial charge on any atom is 0.304 e. The molecule has 3 unspecified atom stereocenters. The van der Waals surface area contributed by atoms with Crippen molar-refractivity contribution in [3.05, 3.63) is 12.2 Å². The van der Waals surface area contributed by atoms with Crippen LogP contribution in [0.15, 0.2) is 12.2 Å². The topological polar surface area (TPSA) is 50.1 Å². The highest BCUT2D eigenvalue weighted by atomic mass is 16.6. The van der Waals surface area contributed by atoms with Crippen LogP contribution in [0, 0.1) is 23.2 Å². The summed E-state index contributed by atoms with van der Waals surface area (Å²) in [4.78, 5) is 10.8. The van der Waals surface area contributed by atoms with Crippen molar-refractivity contribution in [2.45, 2.75) is 25.4 Å². The fourth-order valence-corrected chi connectivity index (χ4v) is 2.32. The van der Waals surface area contributed by atoms with Gasteiger partial charge in [-0.15, -0.1) is 0 Å². The van der Waals surface area contributed by atoms with Crippen molar-refractivity contribution < 1.29 is 9.53 Å². The van der Waals surface area contributed by atoms with Crippen molar-refractivity contribution >= 4 is 5.97 Å². The number of fused-ring (bicyclic) bond motifs is 1. The standard InChI is InChI=1S/C10H11NO2/c1-7(12)13-10(6-11)5-8-3-2-4-9(8)10/h2-3,8-9H,4-5H2,1H3. The molecule has 0 bridgehead atoms. The van der Waals surface area contributed by atoms with Crippen LogP contribution in [-0.4, -0.2) is 11.6 Å². The zero-order chi connectivity index (χ0) is 9.47. The van der Waals surface area contributed by atoms with Gasteiger partial charge in [-0.3, -0.25) is 4.79 Å². The smallest absolute Gasteiger partial charge is 0.304 e. The molecule has 0 heterocycles. The Kier molecular flexibility index (Phi) is 1.66. The number of allylic oxidation sites excluding steroid dienone is 2. The van der Waals surface area contributed by atoms with Crippen LogP contribution in [0.4, 0.5) is 0 Å². The average molecular weight is 177 g/mol. The highest BCUT2D eigenvalue weighted by molar-refractivity contribution is 5.67. The van der Waals surface area contributed by atoms with E-state index in [-0.39, 0.29) is 11.9 Å². The molecular formula is C10H11NO2. The Bertz CT molecular complexity index is 315. The molecule has 0 aromatic rings. The van der Waals surface area contributed by atoms with Crippen molar-refractivity contribution in [2.75, 3.05) is 0 Å². The number of esters is 1. The van der Waals surface area contributed by atoms with Crippen molar-refractivity contribution in [1.82, 2.24) is 0 Å². The SMILES string of the molecule is CC(=O)OC1(C#N)CC2C=CCC21. The normalized spacial score (nSPS) is 40.3. The number of rotatable bonds is 1. The number of hydrogen-bond acceptors (Lipinski definition) is 3. The molecule has 0 spiro atoms. The Morgan fingerprint density at radius 2 is 2.54 bits per heavy atom. The van der Waals surface area contributed by atoms with E-state index in [4.69, 9.17) is 10.00 Å². The van der Waals surface area contributed by atoms with E-state index < -0.39 is 5.60 Å². The summed E-state index contributed by atoms with van der Waals surface area (Å²) in [5.41, 5.74) is -0.819. The number of carbonyl (C=O) groups excluding carboxylic acids is 1. The number of nitriles is 1. The Morgan fingerprint density at radius 1 is 1.77 bits per heavy atom. The first-order valence-corrected chi connectivity index (χ1v) is 4.45. The van der Waals surface area contributed by atoms with E-state index in [1.165, 1.54) is 6.92 Å². The second kappa shape index (κ2) is 2.59. The number of nitrogens with zero attached hydrogens (tertiary/aromatic N) is 1. The molecule has 68 valence electrons. The van der Waals surface area contributed by atoms with Gasteiger partial charge in [-0.25, -0.2) is 0 Å². The summed E-state index contributed by atoms with van der Waals surface area (Å²) in [5.74, 6) is 0.312. The molecule has 0 amide bonds. The Morgan fingerprint density at radius 3 is 3.08 bits per heavy atom. The molecule has 2 aliphatic carbocycles. The molecule has 0 aromatic heterocycles. The second-order valence-corrected chi connectivity index (χ2v) is 3.73. The molecule has 0 radical (unpaired) electrons. The molecule has 13 heavy (non-hydrogen) atoms. The van der Waals surface area contributed by atoms with E-state index in [0.717, 1.165) is 6.42 Å². The van der Waals surface area contributed by atoms with Crippen molar-refractivity contribution in [3.8, 4) is 6.07 Å². The Balaban J connectivity index is 2.13. The summed E-state index contributed by atoms with van der Waals surface area (Å²) in [6.45, 7) is 1.36.